The van der Waals surface area contributed by atoms with Gasteiger partial charge in [-0.25, -0.2) is 0 Å². The van der Waals surface area contributed by atoms with Gasteiger partial charge in [-0.05, 0) is 24.0 Å². The Bertz CT molecular complexity index is 364. The van der Waals surface area contributed by atoms with Gasteiger partial charge in [0.25, 0.3) is 0 Å². The summed E-state index contributed by atoms with van der Waals surface area (Å²) >= 11 is 0. The van der Waals surface area contributed by atoms with Crippen LogP contribution < -0.4 is 0 Å². The van der Waals surface area contributed by atoms with Crippen LogP contribution in [0.4, 0.5) is 0 Å². The Morgan fingerprint density at radius 2 is 1.81 bits per heavy atom. The van der Waals surface area contributed by atoms with Crippen molar-refractivity contribution in [2.24, 2.45) is 5.92 Å². The van der Waals surface area contributed by atoms with Gasteiger partial charge in [0, 0.05) is 0 Å². The van der Waals surface area contributed by atoms with E-state index in [9.17, 15) is 0 Å². The minimum atomic E-state index is -1.08. The Labute approximate surface area is 101 Å². The molecule has 86 valence electrons. The molecule has 1 heteroatoms. The van der Waals surface area contributed by atoms with E-state index in [1.807, 2.05) is 0 Å². The van der Waals surface area contributed by atoms with E-state index >= 15 is 0 Å². The number of allylic oxidation sites excluding steroid dienone is 1. The van der Waals surface area contributed by atoms with E-state index in [1.54, 1.807) is 0 Å². The lowest BCUT2D eigenvalue weighted by atomic mass is 10.0. The van der Waals surface area contributed by atoms with Gasteiger partial charge in [0.2, 0.25) is 0 Å². The lowest BCUT2D eigenvalue weighted by Crippen LogP contribution is -2.14. The largest absolute Gasteiger partial charge is 0.134 e. The molecule has 0 aliphatic heterocycles. The third-order valence-corrected chi connectivity index (χ3v) is 3.33. The van der Waals surface area contributed by atoms with E-state index < -0.39 is 8.07 Å². The van der Waals surface area contributed by atoms with Crippen LogP contribution in [0.3, 0.4) is 0 Å². The van der Waals surface area contributed by atoms with E-state index in [1.165, 1.54) is 5.56 Å². The first-order chi connectivity index (χ1) is 7.47. The van der Waals surface area contributed by atoms with Crippen LogP contribution in [0.1, 0.15) is 12.5 Å². The van der Waals surface area contributed by atoms with Gasteiger partial charge >= 0.3 is 0 Å². The molecule has 0 radical (unpaired) electrons. The molecule has 0 aromatic heterocycles. The zero-order valence-corrected chi connectivity index (χ0v) is 11.8. The van der Waals surface area contributed by atoms with Gasteiger partial charge in [0.05, 0.1) is 8.07 Å². The molecular weight excluding hydrogens is 208 g/mol. The summed E-state index contributed by atoms with van der Waals surface area (Å²) in [5, 5.41) is 0. The van der Waals surface area contributed by atoms with Gasteiger partial charge < -0.3 is 0 Å². The van der Waals surface area contributed by atoms with E-state index in [-0.39, 0.29) is 0 Å². The van der Waals surface area contributed by atoms with E-state index in [0.717, 1.165) is 6.42 Å². The van der Waals surface area contributed by atoms with Crippen LogP contribution in [-0.4, -0.2) is 8.07 Å². The summed E-state index contributed by atoms with van der Waals surface area (Å²) in [6, 6.07) is 10.6. The van der Waals surface area contributed by atoms with Crippen molar-refractivity contribution in [2.75, 3.05) is 0 Å². The zero-order chi connectivity index (χ0) is 12.0. The molecule has 0 heterocycles. The molecule has 0 unspecified atom stereocenters. The maximum atomic E-state index is 3.36. The second kappa shape index (κ2) is 5.88. The van der Waals surface area contributed by atoms with E-state index in [0.29, 0.717) is 5.92 Å². The quantitative estimate of drug-likeness (QED) is 0.529. The van der Waals surface area contributed by atoms with Crippen molar-refractivity contribution in [3.63, 3.8) is 0 Å². The van der Waals surface area contributed by atoms with Gasteiger partial charge in [0.15, 0.2) is 0 Å². The second-order valence-electron chi connectivity index (χ2n) is 5.51. The van der Waals surface area contributed by atoms with Crippen molar-refractivity contribution in [3.8, 4) is 0 Å². The highest BCUT2D eigenvalue weighted by Crippen LogP contribution is 2.09. The molecule has 16 heavy (non-hydrogen) atoms. The molecule has 0 saturated heterocycles. The molecule has 1 aromatic rings. The molecule has 0 bridgehead atoms. The second-order valence-corrected chi connectivity index (χ2v) is 10.5. The standard InChI is InChI=1S/C15H22Si/c1-14(9-8-12-16(2,3)4)13-15-10-6-5-7-11-15/h5-7,9-12,14H,13H2,1-4H3/t8?,14-/m0/s1. The SMILES string of the molecule is C[C@@H](C=C=C[Si](C)(C)C)Cc1ccccc1. The average molecular weight is 230 g/mol. The highest BCUT2D eigenvalue weighted by atomic mass is 28.3. The number of hydrogen-bond donors (Lipinski definition) is 0. The fraction of sp³-hybridized carbons (Fsp3) is 0.400. The van der Waals surface area contributed by atoms with E-state index in [2.05, 4.69) is 74.4 Å². The zero-order valence-electron chi connectivity index (χ0n) is 10.8. The van der Waals surface area contributed by atoms with E-state index in [4.69, 9.17) is 0 Å². The molecule has 0 nitrogen and oxygen atoms in total. The monoisotopic (exact) mass is 230 g/mol. The summed E-state index contributed by atoms with van der Waals surface area (Å²) in [5.74, 6) is 0.565. The third kappa shape index (κ3) is 5.74. The minimum absolute atomic E-state index is 0.565. The number of rotatable bonds is 4. The van der Waals surface area contributed by atoms with Crippen LogP contribution >= 0.6 is 0 Å². The van der Waals surface area contributed by atoms with Crippen LogP contribution in [0.25, 0.3) is 0 Å². The molecule has 0 aliphatic carbocycles. The molecular formula is C15H22Si. The van der Waals surface area contributed by atoms with Crippen LogP contribution in [-0.2, 0) is 6.42 Å². The maximum absolute atomic E-state index is 3.36. The van der Waals surface area contributed by atoms with Gasteiger partial charge in [-0.3, -0.25) is 0 Å². The minimum Gasteiger partial charge on any atom is -0.134 e. The predicted octanol–water partition coefficient (Wildman–Crippen LogP) is 4.45. The molecule has 0 fully saturated rings. The molecule has 0 spiro atoms. The van der Waals surface area contributed by atoms with Crippen molar-refractivity contribution >= 4 is 8.07 Å². The first-order valence-electron chi connectivity index (χ1n) is 5.95. The molecule has 1 aromatic carbocycles. The first kappa shape index (κ1) is 13.0. The molecule has 0 N–H and O–H groups in total. The number of benzene rings is 1. The van der Waals surface area contributed by atoms with Gasteiger partial charge in [-0.1, -0.05) is 62.6 Å². The van der Waals surface area contributed by atoms with Gasteiger partial charge in [0.1, 0.15) is 0 Å². The topological polar surface area (TPSA) is 0 Å². The van der Waals surface area contributed by atoms with Crippen molar-refractivity contribution in [3.05, 3.63) is 53.4 Å². The summed E-state index contributed by atoms with van der Waals surface area (Å²) < 4.78 is 0. The van der Waals surface area contributed by atoms with Crippen molar-refractivity contribution in [1.82, 2.24) is 0 Å². The summed E-state index contributed by atoms with van der Waals surface area (Å²) in [4.78, 5) is 0. The number of hydrogen-bond acceptors (Lipinski definition) is 0. The van der Waals surface area contributed by atoms with Crippen LogP contribution in [0.15, 0.2) is 47.8 Å². The Kier molecular flexibility index (Phi) is 4.79. The summed E-state index contributed by atoms with van der Waals surface area (Å²) in [6.45, 7) is 9.24. The first-order valence-corrected chi connectivity index (χ1v) is 9.53. The van der Waals surface area contributed by atoms with Gasteiger partial charge in [-0.15, -0.1) is 5.73 Å². The van der Waals surface area contributed by atoms with Gasteiger partial charge in [-0.2, -0.15) is 0 Å². The lowest BCUT2D eigenvalue weighted by Gasteiger charge is -2.06. The normalized spacial score (nSPS) is 12.8. The van der Waals surface area contributed by atoms with Crippen LogP contribution in [0.5, 0.6) is 0 Å². The van der Waals surface area contributed by atoms with Crippen molar-refractivity contribution in [2.45, 2.75) is 33.0 Å². The third-order valence-electron chi connectivity index (χ3n) is 2.30. The Morgan fingerprint density at radius 3 is 2.38 bits per heavy atom. The Morgan fingerprint density at radius 1 is 1.19 bits per heavy atom. The fourth-order valence-corrected chi connectivity index (χ4v) is 2.10. The van der Waals surface area contributed by atoms with Crippen molar-refractivity contribution in [1.29, 1.82) is 0 Å². The summed E-state index contributed by atoms with van der Waals surface area (Å²) in [6.07, 6.45) is 3.30. The molecule has 0 amide bonds. The van der Waals surface area contributed by atoms with Crippen LogP contribution in [0, 0.1) is 5.92 Å². The fourth-order valence-electron chi connectivity index (χ4n) is 1.51. The summed E-state index contributed by atoms with van der Waals surface area (Å²) in [7, 11) is -1.08. The van der Waals surface area contributed by atoms with Crippen LogP contribution in [0.2, 0.25) is 19.6 Å². The summed E-state index contributed by atoms with van der Waals surface area (Å²) in [5.41, 5.74) is 7.03. The average Bonchev–Trinajstić information content (AvgIpc) is 2.17. The highest BCUT2D eigenvalue weighted by Gasteiger charge is 2.06. The molecule has 1 atom stereocenters. The predicted molar refractivity (Wildman–Crippen MR) is 75.3 cm³/mol. The van der Waals surface area contributed by atoms with Crippen molar-refractivity contribution < 1.29 is 0 Å². The Balaban J connectivity index is 2.55. The Hall–Kier alpha value is -1.04. The molecule has 0 aliphatic rings. The smallest absolute Gasteiger partial charge is 0.0781 e. The highest BCUT2D eigenvalue weighted by molar-refractivity contribution is 6.80. The lowest BCUT2D eigenvalue weighted by molar-refractivity contribution is 0.725. The molecule has 1 rings (SSSR count). The maximum Gasteiger partial charge on any atom is 0.0781 e. The molecule has 0 saturated carbocycles.